The van der Waals surface area contributed by atoms with Gasteiger partial charge in [-0.15, -0.1) is 10.2 Å². The first-order valence-electron chi connectivity index (χ1n) is 12.5. The fourth-order valence-electron chi connectivity index (χ4n) is 5.18. The first-order chi connectivity index (χ1) is 18.8. The monoisotopic (exact) mass is 488 g/mol. The number of para-hydroxylation sites is 1. The summed E-state index contributed by atoms with van der Waals surface area (Å²) in [5.74, 6) is 0.633. The van der Waals surface area contributed by atoms with Crippen molar-refractivity contribution in [3.05, 3.63) is 121 Å². The fourth-order valence-corrected chi connectivity index (χ4v) is 5.18. The topological polar surface area (TPSA) is 56.7 Å². The fraction of sp³-hybridized carbons (Fsp3) is 0. The number of oxazole rings is 1. The van der Waals surface area contributed by atoms with Crippen molar-refractivity contribution >= 4 is 43.7 Å². The maximum Gasteiger partial charge on any atom is 0.227 e. The lowest BCUT2D eigenvalue weighted by molar-refractivity contribution is 0.623. The molecule has 8 rings (SSSR count). The van der Waals surface area contributed by atoms with Gasteiger partial charge in [-0.2, -0.15) is 4.80 Å². The van der Waals surface area contributed by atoms with Crippen LogP contribution in [0.25, 0.3) is 71.9 Å². The Morgan fingerprint density at radius 3 is 2.05 bits per heavy atom. The minimum absolute atomic E-state index is 0.633. The van der Waals surface area contributed by atoms with Crippen LogP contribution in [-0.4, -0.2) is 20.0 Å². The summed E-state index contributed by atoms with van der Waals surface area (Å²) in [6, 6.07) is 41.3. The molecule has 8 aromatic rings. The van der Waals surface area contributed by atoms with Crippen molar-refractivity contribution in [1.82, 2.24) is 20.0 Å². The van der Waals surface area contributed by atoms with Gasteiger partial charge in [0.15, 0.2) is 5.58 Å². The van der Waals surface area contributed by atoms with E-state index in [0.717, 1.165) is 66.1 Å². The molecule has 0 amide bonds. The Kier molecular flexibility index (Phi) is 4.45. The van der Waals surface area contributed by atoms with Gasteiger partial charge in [0.25, 0.3) is 0 Å². The summed E-state index contributed by atoms with van der Waals surface area (Å²) in [7, 11) is 0. The van der Waals surface area contributed by atoms with Gasteiger partial charge in [-0.05, 0) is 75.8 Å². The molecule has 0 saturated carbocycles. The molecule has 0 aliphatic carbocycles. The number of rotatable bonds is 3. The second-order valence-electron chi connectivity index (χ2n) is 9.43. The van der Waals surface area contributed by atoms with Gasteiger partial charge in [-0.3, -0.25) is 0 Å². The molecule has 5 heteroatoms. The van der Waals surface area contributed by atoms with Gasteiger partial charge in [0.05, 0.1) is 5.69 Å². The highest BCUT2D eigenvalue weighted by atomic mass is 16.3. The van der Waals surface area contributed by atoms with Crippen LogP contribution in [0.4, 0.5) is 0 Å². The van der Waals surface area contributed by atoms with E-state index in [4.69, 9.17) is 14.5 Å². The predicted molar refractivity (Wildman–Crippen MR) is 152 cm³/mol. The lowest BCUT2D eigenvalue weighted by atomic mass is 9.96. The number of benzene rings is 6. The zero-order valence-electron chi connectivity index (χ0n) is 20.2. The highest BCUT2D eigenvalue weighted by Crippen LogP contribution is 2.36. The van der Waals surface area contributed by atoms with Crippen molar-refractivity contribution in [2.24, 2.45) is 0 Å². The Morgan fingerprint density at radius 2 is 1.18 bits per heavy atom. The molecular weight excluding hydrogens is 468 g/mol. The molecule has 0 spiro atoms. The third-order valence-electron chi connectivity index (χ3n) is 7.08. The summed E-state index contributed by atoms with van der Waals surface area (Å²) < 4.78 is 6.39. The first kappa shape index (κ1) is 20.9. The van der Waals surface area contributed by atoms with Crippen LogP contribution in [0.5, 0.6) is 0 Å². The van der Waals surface area contributed by atoms with Crippen molar-refractivity contribution < 1.29 is 4.42 Å². The van der Waals surface area contributed by atoms with Crippen LogP contribution >= 0.6 is 0 Å². The quantitative estimate of drug-likeness (QED) is 0.235. The molecule has 0 atom stereocenters. The van der Waals surface area contributed by atoms with E-state index >= 15 is 0 Å². The summed E-state index contributed by atoms with van der Waals surface area (Å²) in [6.45, 7) is 0. The maximum atomic E-state index is 6.39. The SMILES string of the molecule is c1ccc(-c2nc3ccc4ccc5ccc(-c6ccc7nn(-c8ccccc8)nc7c6)cc5c4c3o2)cc1. The Balaban J connectivity index is 1.30. The van der Waals surface area contributed by atoms with Crippen molar-refractivity contribution in [2.75, 3.05) is 0 Å². The van der Waals surface area contributed by atoms with Crippen molar-refractivity contribution in [2.45, 2.75) is 0 Å². The standard InChI is InChI=1S/C33H20N4O/c1-3-7-23(8-4-1)33-34-29-18-15-22-13-11-21-12-14-24(19-27(21)31(22)32(29)38-33)25-16-17-28-30(20-25)36-37(35-28)26-9-5-2-6-10-26/h1-20H. The summed E-state index contributed by atoms with van der Waals surface area (Å²) >= 11 is 0. The van der Waals surface area contributed by atoms with Gasteiger partial charge >= 0.3 is 0 Å². The average Bonchev–Trinajstić information content (AvgIpc) is 3.62. The number of fused-ring (bicyclic) bond motifs is 6. The maximum absolute atomic E-state index is 6.39. The second kappa shape index (κ2) is 8.11. The molecule has 2 heterocycles. The number of nitrogens with zero attached hydrogens (tertiary/aromatic N) is 4. The molecule has 0 aliphatic rings. The van der Waals surface area contributed by atoms with Crippen LogP contribution in [0.3, 0.4) is 0 Å². The molecule has 2 aromatic heterocycles. The highest BCUT2D eigenvalue weighted by Gasteiger charge is 2.14. The van der Waals surface area contributed by atoms with Crippen LogP contribution in [-0.2, 0) is 0 Å². The van der Waals surface area contributed by atoms with Crippen LogP contribution in [0, 0.1) is 0 Å². The molecule has 178 valence electrons. The summed E-state index contributed by atoms with van der Waals surface area (Å²) in [4.78, 5) is 6.49. The van der Waals surface area contributed by atoms with E-state index in [2.05, 4.69) is 53.6 Å². The van der Waals surface area contributed by atoms with Crippen molar-refractivity contribution in [3.8, 4) is 28.3 Å². The molecule has 0 unspecified atom stereocenters. The molecule has 0 aliphatic heterocycles. The zero-order valence-corrected chi connectivity index (χ0v) is 20.2. The average molecular weight is 489 g/mol. The van der Waals surface area contributed by atoms with Gasteiger partial charge in [-0.1, -0.05) is 72.8 Å². The van der Waals surface area contributed by atoms with E-state index in [-0.39, 0.29) is 0 Å². The molecule has 0 N–H and O–H groups in total. The number of aromatic nitrogens is 4. The van der Waals surface area contributed by atoms with E-state index in [1.54, 1.807) is 4.80 Å². The molecule has 0 bridgehead atoms. The molecular formula is C33H20N4O. The van der Waals surface area contributed by atoms with Gasteiger partial charge in [0.1, 0.15) is 16.6 Å². The first-order valence-corrected chi connectivity index (χ1v) is 12.5. The van der Waals surface area contributed by atoms with Crippen LogP contribution in [0.1, 0.15) is 0 Å². The van der Waals surface area contributed by atoms with Crippen LogP contribution in [0.15, 0.2) is 126 Å². The predicted octanol–water partition coefficient (Wildman–Crippen LogP) is 8.20. The van der Waals surface area contributed by atoms with E-state index in [0.29, 0.717) is 5.89 Å². The highest BCUT2D eigenvalue weighted by molar-refractivity contribution is 6.18. The number of hydrogen-bond acceptors (Lipinski definition) is 4. The minimum atomic E-state index is 0.633. The Hall–Kier alpha value is -5.29. The third-order valence-corrected chi connectivity index (χ3v) is 7.08. The zero-order chi connectivity index (χ0) is 25.1. The third kappa shape index (κ3) is 3.29. The van der Waals surface area contributed by atoms with Gasteiger partial charge < -0.3 is 4.42 Å². The van der Waals surface area contributed by atoms with Crippen molar-refractivity contribution in [3.63, 3.8) is 0 Å². The molecule has 6 aromatic carbocycles. The van der Waals surface area contributed by atoms with Crippen molar-refractivity contribution in [1.29, 1.82) is 0 Å². The molecule has 0 fully saturated rings. The van der Waals surface area contributed by atoms with E-state index in [9.17, 15) is 0 Å². The normalized spacial score (nSPS) is 11.7. The second-order valence-corrected chi connectivity index (χ2v) is 9.43. The summed E-state index contributed by atoms with van der Waals surface area (Å²) in [5.41, 5.74) is 7.49. The largest absolute Gasteiger partial charge is 0.435 e. The summed E-state index contributed by atoms with van der Waals surface area (Å²) in [6.07, 6.45) is 0. The van der Waals surface area contributed by atoms with Gasteiger partial charge in [0, 0.05) is 10.9 Å². The van der Waals surface area contributed by atoms with E-state index < -0.39 is 0 Å². The molecule has 0 radical (unpaired) electrons. The van der Waals surface area contributed by atoms with Crippen LogP contribution in [0.2, 0.25) is 0 Å². The smallest absolute Gasteiger partial charge is 0.227 e. The number of hydrogen-bond donors (Lipinski definition) is 0. The molecule has 5 nitrogen and oxygen atoms in total. The minimum Gasteiger partial charge on any atom is -0.435 e. The summed E-state index contributed by atoms with van der Waals surface area (Å²) in [5, 5.41) is 13.9. The van der Waals surface area contributed by atoms with E-state index in [1.165, 1.54) is 0 Å². The molecule has 0 saturated heterocycles. The lowest BCUT2D eigenvalue weighted by Gasteiger charge is -2.08. The van der Waals surface area contributed by atoms with Gasteiger partial charge in [-0.25, -0.2) is 4.98 Å². The Morgan fingerprint density at radius 1 is 0.526 bits per heavy atom. The van der Waals surface area contributed by atoms with E-state index in [1.807, 2.05) is 72.8 Å². The Bertz CT molecular complexity index is 2130. The Labute approximate surface area is 217 Å². The molecule has 38 heavy (non-hydrogen) atoms. The van der Waals surface area contributed by atoms with Gasteiger partial charge in [0.2, 0.25) is 5.89 Å². The lowest BCUT2D eigenvalue weighted by Crippen LogP contribution is -1.97. The van der Waals surface area contributed by atoms with Crippen LogP contribution < -0.4 is 0 Å².